The number of nitrogens with zero attached hydrogens (tertiary/aromatic N) is 3. The third kappa shape index (κ3) is 2.25. The summed E-state index contributed by atoms with van der Waals surface area (Å²) in [5.74, 6) is -1.94. The van der Waals surface area contributed by atoms with Gasteiger partial charge < -0.3 is 9.88 Å². The van der Waals surface area contributed by atoms with Crippen molar-refractivity contribution in [2.75, 3.05) is 5.32 Å². The first kappa shape index (κ1) is 17.4. The lowest BCUT2D eigenvalue weighted by atomic mass is 9.99. The van der Waals surface area contributed by atoms with E-state index in [1.54, 1.807) is 17.8 Å². The number of aryl methyl sites for hydroxylation is 1. The van der Waals surface area contributed by atoms with Gasteiger partial charge in [0.05, 0.1) is 34.0 Å². The Morgan fingerprint density at radius 2 is 1.72 bits per heavy atom. The van der Waals surface area contributed by atoms with E-state index in [2.05, 4.69) is 5.32 Å². The number of hydrogen-bond acceptors (Lipinski definition) is 3. The summed E-state index contributed by atoms with van der Waals surface area (Å²) < 4.78 is 32.9. The highest BCUT2D eigenvalue weighted by atomic mass is 19.2. The molecular formula is C21H16F2N4O2. The van der Waals surface area contributed by atoms with Gasteiger partial charge in [-0.15, -0.1) is 0 Å². The average molecular weight is 394 g/mol. The van der Waals surface area contributed by atoms with Crippen LogP contribution in [0.4, 0.5) is 14.5 Å². The maximum Gasteiger partial charge on any atom is 0.331 e. The summed E-state index contributed by atoms with van der Waals surface area (Å²) in [5, 5.41) is 3.57. The van der Waals surface area contributed by atoms with Crippen LogP contribution < -0.4 is 16.6 Å². The van der Waals surface area contributed by atoms with Crippen molar-refractivity contribution in [3.8, 4) is 5.69 Å². The molecule has 8 heteroatoms. The predicted molar refractivity (Wildman–Crippen MR) is 106 cm³/mol. The summed E-state index contributed by atoms with van der Waals surface area (Å²) in [6, 6.07) is 10.5. The highest BCUT2D eigenvalue weighted by Gasteiger charge is 2.32. The van der Waals surface area contributed by atoms with Crippen LogP contribution in [0.1, 0.15) is 17.3 Å². The van der Waals surface area contributed by atoms with Crippen molar-refractivity contribution < 1.29 is 8.78 Å². The van der Waals surface area contributed by atoms with Gasteiger partial charge in [-0.1, -0.05) is 24.3 Å². The number of fused-ring (bicyclic) bond motifs is 5. The molecule has 0 saturated carbocycles. The normalized spacial score (nSPS) is 15.1. The van der Waals surface area contributed by atoms with E-state index in [1.807, 2.05) is 24.3 Å². The number of rotatable bonds is 1. The number of benzene rings is 2. The zero-order chi connectivity index (χ0) is 20.4. The Hall–Kier alpha value is -3.68. The molecule has 6 nitrogen and oxygen atoms in total. The Labute approximate surface area is 163 Å². The minimum absolute atomic E-state index is 0.0916. The van der Waals surface area contributed by atoms with Crippen LogP contribution in [-0.4, -0.2) is 13.7 Å². The third-order valence-electron chi connectivity index (χ3n) is 5.49. The molecular weight excluding hydrogens is 378 g/mol. The minimum Gasteiger partial charge on any atom is -0.371 e. The number of aromatic nitrogens is 3. The number of halogens is 2. The van der Waals surface area contributed by atoms with Gasteiger partial charge >= 0.3 is 5.69 Å². The first-order valence-electron chi connectivity index (χ1n) is 9.01. The van der Waals surface area contributed by atoms with Crippen LogP contribution in [-0.2, 0) is 14.1 Å². The summed E-state index contributed by atoms with van der Waals surface area (Å²) in [6.07, 6.45) is 1.65. The molecule has 0 fully saturated rings. The molecule has 0 unspecified atom stereocenters. The van der Waals surface area contributed by atoms with Crippen molar-refractivity contribution in [2.24, 2.45) is 14.1 Å². The van der Waals surface area contributed by atoms with Crippen LogP contribution in [0.3, 0.4) is 0 Å². The van der Waals surface area contributed by atoms with Crippen molar-refractivity contribution in [2.45, 2.75) is 6.04 Å². The van der Waals surface area contributed by atoms with Gasteiger partial charge in [-0.25, -0.2) is 13.6 Å². The van der Waals surface area contributed by atoms with Crippen molar-refractivity contribution in [1.29, 1.82) is 0 Å². The minimum atomic E-state index is -0.973. The third-order valence-corrected chi connectivity index (χ3v) is 5.49. The zero-order valence-corrected chi connectivity index (χ0v) is 15.6. The molecule has 2 aromatic carbocycles. The number of hydrogen-bond donors (Lipinski definition) is 1. The van der Waals surface area contributed by atoms with Crippen molar-refractivity contribution in [1.82, 2.24) is 13.7 Å². The van der Waals surface area contributed by atoms with Gasteiger partial charge in [0.2, 0.25) is 0 Å². The highest BCUT2D eigenvalue weighted by Crippen LogP contribution is 2.41. The lowest BCUT2D eigenvalue weighted by molar-refractivity contribution is 0.495. The standard InChI is InChI=1S/C21H16F2N4O2/c1-25-18-12(20(28)26(2)21(25)29)10-27-15-9-4-3-8-14(15)24-17(19(18)27)11-6-5-7-13(22)16(11)23/h3-10,17,24H,1-2H3/t17-/m0/s1. The van der Waals surface area contributed by atoms with E-state index in [0.717, 1.165) is 16.3 Å². The quantitative estimate of drug-likeness (QED) is 0.540. The van der Waals surface area contributed by atoms with E-state index >= 15 is 0 Å². The smallest absolute Gasteiger partial charge is 0.331 e. The Morgan fingerprint density at radius 1 is 0.966 bits per heavy atom. The molecule has 0 saturated heterocycles. The summed E-state index contributed by atoms with van der Waals surface area (Å²) >= 11 is 0. The highest BCUT2D eigenvalue weighted by molar-refractivity contribution is 5.86. The van der Waals surface area contributed by atoms with Crippen molar-refractivity contribution >= 4 is 16.6 Å². The van der Waals surface area contributed by atoms with Crippen LogP contribution in [0.5, 0.6) is 0 Å². The van der Waals surface area contributed by atoms with Crippen LogP contribution in [0, 0.1) is 11.6 Å². The molecule has 3 heterocycles. The number of anilines is 1. The van der Waals surface area contributed by atoms with E-state index in [9.17, 15) is 18.4 Å². The fourth-order valence-corrected chi connectivity index (χ4v) is 4.08. The Balaban J connectivity index is 1.96. The first-order valence-corrected chi connectivity index (χ1v) is 9.01. The lowest BCUT2D eigenvalue weighted by Gasteiger charge is -2.30. The molecule has 0 amide bonds. The first-order chi connectivity index (χ1) is 13.9. The van der Waals surface area contributed by atoms with Crippen LogP contribution in [0.2, 0.25) is 0 Å². The predicted octanol–water partition coefficient (Wildman–Crippen LogP) is 2.82. The van der Waals surface area contributed by atoms with Crippen molar-refractivity contribution in [3.05, 3.63) is 92.4 Å². The van der Waals surface area contributed by atoms with Gasteiger partial charge in [0, 0.05) is 25.9 Å². The number of para-hydroxylation sites is 2. The molecule has 1 atom stereocenters. The van der Waals surface area contributed by atoms with Gasteiger partial charge in [-0.2, -0.15) is 0 Å². The number of nitrogens with one attached hydrogen (secondary N) is 1. The molecule has 5 rings (SSSR count). The monoisotopic (exact) mass is 394 g/mol. The van der Waals surface area contributed by atoms with Gasteiger partial charge in [-0.3, -0.25) is 13.9 Å². The SMILES string of the molecule is Cn1c(=O)c2cn3c(c2n(C)c1=O)[C@H](c1cccc(F)c1F)Nc1ccccc1-3. The maximum absolute atomic E-state index is 14.7. The van der Waals surface area contributed by atoms with Gasteiger partial charge in [0.25, 0.3) is 5.56 Å². The fourth-order valence-electron chi connectivity index (χ4n) is 4.08. The second-order valence-corrected chi connectivity index (χ2v) is 7.09. The fraction of sp³-hybridized carbons (Fsp3) is 0.143. The molecule has 146 valence electrons. The maximum atomic E-state index is 14.7. The van der Waals surface area contributed by atoms with E-state index in [-0.39, 0.29) is 5.56 Å². The summed E-state index contributed by atoms with van der Waals surface area (Å²) in [7, 11) is 2.97. The average Bonchev–Trinajstić information content (AvgIpc) is 3.13. The van der Waals surface area contributed by atoms with Crippen LogP contribution in [0.15, 0.2) is 58.3 Å². The van der Waals surface area contributed by atoms with Crippen LogP contribution >= 0.6 is 0 Å². The summed E-state index contributed by atoms with van der Waals surface area (Å²) in [6.45, 7) is 0. The van der Waals surface area contributed by atoms with Gasteiger partial charge in [-0.05, 0) is 18.2 Å². The lowest BCUT2D eigenvalue weighted by Crippen LogP contribution is -2.37. The molecule has 4 aromatic rings. The second-order valence-electron chi connectivity index (χ2n) is 7.09. The molecule has 0 bridgehead atoms. The second kappa shape index (κ2) is 5.91. The van der Waals surface area contributed by atoms with E-state index in [1.165, 1.54) is 23.7 Å². The van der Waals surface area contributed by atoms with Gasteiger partial charge in [0.15, 0.2) is 11.6 Å². The molecule has 2 aromatic heterocycles. The topological polar surface area (TPSA) is 61.0 Å². The Bertz CT molecular complexity index is 1430. The molecule has 29 heavy (non-hydrogen) atoms. The summed E-state index contributed by atoms with van der Waals surface area (Å²) in [4.78, 5) is 25.3. The van der Waals surface area contributed by atoms with E-state index in [4.69, 9.17) is 0 Å². The van der Waals surface area contributed by atoms with Crippen molar-refractivity contribution in [3.63, 3.8) is 0 Å². The summed E-state index contributed by atoms with van der Waals surface area (Å²) in [5.41, 5.74) is 1.50. The molecule has 1 N–H and O–H groups in total. The van der Waals surface area contributed by atoms with Crippen LogP contribution in [0.25, 0.3) is 16.6 Å². The van der Waals surface area contributed by atoms with E-state index < -0.39 is 28.9 Å². The zero-order valence-electron chi connectivity index (χ0n) is 15.6. The molecule has 1 aliphatic heterocycles. The van der Waals surface area contributed by atoms with Gasteiger partial charge in [0.1, 0.15) is 0 Å². The largest absolute Gasteiger partial charge is 0.371 e. The molecule has 0 spiro atoms. The molecule has 0 aliphatic carbocycles. The molecule has 1 aliphatic rings. The Morgan fingerprint density at radius 3 is 2.52 bits per heavy atom. The van der Waals surface area contributed by atoms with E-state index in [0.29, 0.717) is 22.3 Å². The molecule has 0 radical (unpaired) electrons. The Kier molecular flexibility index (Phi) is 3.55.